The molecule has 2 heterocycles. The Morgan fingerprint density at radius 1 is 1.07 bits per heavy atom. The maximum atomic E-state index is 12.1. The smallest absolute Gasteiger partial charge is 0.314 e. The Hall–Kier alpha value is -2.86. The average molecular weight is 412 g/mol. The van der Waals surface area contributed by atoms with Crippen LogP contribution in [0.4, 0.5) is 4.79 Å². The summed E-state index contributed by atoms with van der Waals surface area (Å²) in [5.74, 6) is 0.100. The zero-order valence-electron chi connectivity index (χ0n) is 16.3. The van der Waals surface area contributed by atoms with E-state index < -0.39 is 0 Å². The summed E-state index contributed by atoms with van der Waals surface area (Å²) in [6.45, 7) is 1.21. The summed E-state index contributed by atoms with van der Waals surface area (Å²) < 4.78 is 0. The Morgan fingerprint density at radius 3 is 2.62 bits per heavy atom. The van der Waals surface area contributed by atoms with Crippen LogP contribution in [0.15, 0.2) is 61.2 Å². The van der Waals surface area contributed by atoms with Crippen LogP contribution < -0.4 is 10.6 Å². The van der Waals surface area contributed by atoms with Gasteiger partial charge in [-0.25, -0.2) is 9.78 Å². The normalized spacial score (nSPS) is 11.8. The fraction of sp³-hybridized carbons (Fsp3) is 0.318. The molecule has 1 aromatic carbocycles. The Balaban J connectivity index is 1.42. The number of nitrogens with zero attached hydrogens (tertiary/aromatic N) is 2. The van der Waals surface area contributed by atoms with E-state index in [4.69, 9.17) is 11.6 Å². The van der Waals surface area contributed by atoms with Gasteiger partial charge in [-0.15, -0.1) is 0 Å². The zero-order chi connectivity index (χ0) is 20.3. The van der Waals surface area contributed by atoms with Crippen LogP contribution in [0.3, 0.4) is 0 Å². The number of hydrogen-bond acceptors (Lipinski definition) is 3. The van der Waals surface area contributed by atoms with Gasteiger partial charge in [0.05, 0.1) is 6.33 Å². The van der Waals surface area contributed by atoms with Gasteiger partial charge in [0.2, 0.25) is 0 Å². The predicted octanol–water partition coefficient (Wildman–Crippen LogP) is 4.30. The number of unbranched alkanes of at least 4 members (excludes halogenated alkanes) is 1. The molecule has 0 fully saturated rings. The van der Waals surface area contributed by atoms with Crippen molar-refractivity contribution >= 4 is 17.6 Å². The zero-order valence-corrected chi connectivity index (χ0v) is 17.0. The average Bonchev–Trinajstić information content (AvgIpc) is 3.26. The second kappa shape index (κ2) is 11.2. The molecule has 2 aromatic heterocycles. The van der Waals surface area contributed by atoms with E-state index in [2.05, 4.69) is 25.6 Å². The summed E-state index contributed by atoms with van der Waals surface area (Å²) in [6, 6.07) is 13.6. The van der Waals surface area contributed by atoms with Crippen LogP contribution in [0.5, 0.6) is 0 Å². The van der Waals surface area contributed by atoms with Crippen LogP contribution in [0, 0.1) is 0 Å². The monoisotopic (exact) mass is 411 g/mol. The molecule has 0 radical (unpaired) electrons. The Kier molecular flexibility index (Phi) is 8.07. The van der Waals surface area contributed by atoms with Crippen molar-refractivity contribution in [3.8, 4) is 0 Å². The fourth-order valence-corrected chi connectivity index (χ4v) is 3.34. The first-order valence-electron chi connectivity index (χ1n) is 9.87. The molecule has 3 N–H and O–H groups in total. The number of rotatable bonds is 10. The quantitative estimate of drug-likeness (QED) is 0.435. The minimum absolute atomic E-state index is 0.100. The van der Waals surface area contributed by atoms with Crippen LogP contribution >= 0.6 is 11.6 Å². The third kappa shape index (κ3) is 6.91. The van der Waals surface area contributed by atoms with Gasteiger partial charge in [0.15, 0.2) is 0 Å². The molecule has 0 bridgehead atoms. The van der Waals surface area contributed by atoms with Crippen LogP contribution in [0.2, 0.25) is 5.02 Å². The van der Waals surface area contributed by atoms with E-state index in [1.807, 2.05) is 48.7 Å². The molecular formula is C22H26ClN5O. The second-order valence-electron chi connectivity index (χ2n) is 6.86. The first-order chi connectivity index (χ1) is 14.2. The number of nitrogens with one attached hydrogen (secondary N) is 3. The van der Waals surface area contributed by atoms with Crippen molar-refractivity contribution in [1.82, 2.24) is 25.6 Å². The van der Waals surface area contributed by atoms with Gasteiger partial charge in [-0.3, -0.25) is 4.98 Å². The van der Waals surface area contributed by atoms with Gasteiger partial charge in [-0.1, -0.05) is 29.8 Å². The molecule has 7 heteroatoms. The van der Waals surface area contributed by atoms with Gasteiger partial charge in [0, 0.05) is 47.8 Å². The topological polar surface area (TPSA) is 82.7 Å². The lowest BCUT2D eigenvalue weighted by atomic mass is 9.92. The molecule has 0 aliphatic rings. The van der Waals surface area contributed by atoms with Gasteiger partial charge in [-0.2, -0.15) is 0 Å². The first kappa shape index (κ1) is 20.9. The highest BCUT2D eigenvalue weighted by molar-refractivity contribution is 6.30. The maximum Gasteiger partial charge on any atom is 0.314 e. The van der Waals surface area contributed by atoms with Gasteiger partial charge in [-0.05, 0) is 55.5 Å². The van der Waals surface area contributed by atoms with Crippen molar-refractivity contribution in [3.05, 3.63) is 83.2 Å². The highest BCUT2D eigenvalue weighted by Crippen LogP contribution is 2.27. The number of hydrogen-bond donors (Lipinski definition) is 3. The van der Waals surface area contributed by atoms with Crippen LogP contribution in [0.25, 0.3) is 0 Å². The van der Waals surface area contributed by atoms with Crippen LogP contribution in [-0.2, 0) is 6.42 Å². The number of pyridine rings is 1. The Morgan fingerprint density at radius 2 is 1.90 bits per heavy atom. The third-order valence-electron chi connectivity index (χ3n) is 4.75. The minimum atomic E-state index is -0.137. The molecule has 0 spiro atoms. The summed E-state index contributed by atoms with van der Waals surface area (Å²) >= 11 is 6.02. The Labute approximate surface area is 176 Å². The molecule has 3 aromatic rings. The molecule has 0 aliphatic heterocycles. The van der Waals surface area contributed by atoms with E-state index in [0.29, 0.717) is 18.1 Å². The highest BCUT2D eigenvalue weighted by atomic mass is 35.5. The van der Waals surface area contributed by atoms with E-state index in [1.165, 1.54) is 0 Å². The number of halogens is 1. The summed E-state index contributed by atoms with van der Waals surface area (Å²) in [4.78, 5) is 23.6. The SMILES string of the molecule is O=C(NCCCCc1cnc[nH]1)NCCC(c1ccc(Cl)cc1)c1ccccn1. The predicted molar refractivity (Wildman–Crippen MR) is 115 cm³/mol. The van der Waals surface area contributed by atoms with E-state index in [9.17, 15) is 4.79 Å². The summed E-state index contributed by atoms with van der Waals surface area (Å²) in [7, 11) is 0. The number of benzene rings is 1. The largest absolute Gasteiger partial charge is 0.348 e. The molecule has 0 saturated heterocycles. The number of imidazole rings is 1. The van der Waals surface area contributed by atoms with Crippen molar-refractivity contribution in [2.45, 2.75) is 31.6 Å². The van der Waals surface area contributed by atoms with Crippen molar-refractivity contribution in [2.24, 2.45) is 0 Å². The van der Waals surface area contributed by atoms with Gasteiger partial charge in [0.25, 0.3) is 0 Å². The Bertz CT molecular complexity index is 853. The van der Waals surface area contributed by atoms with Gasteiger partial charge < -0.3 is 15.6 Å². The van der Waals surface area contributed by atoms with Crippen LogP contribution in [-0.4, -0.2) is 34.1 Å². The highest BCUT2D eigenvalue weighted by Gasteiger charge is 2.15. The maximum absolute atomic E-state index is 12.1. The van der Waals surface area contributed by atoms with Gasteiger partial charge >= 0.3 is 6.03 Å². The molecular weight excluding hydrogens is 386 g/mol. The summed E-state index contributed by atoms with van der Waals surface area (Å²) in [5.41, 5.74) is 3.24. The van der Waals surface area contributed by atoms with Gasteiger partial charge in [0.1, 0.15) is 0 Å². The first-order valence-corrected chi connectivity index (χ1v) is 10.3. The van der Waals surface area contributed by atoms with E-state index in [0.717, 1.165) is 42.6 Å². The molecule has 0 aliphatic carbocycles. The van der Waals surface area contributed by atoms with Crippen LogP contribution in [0.1, 0.15) is 42.1 Å². The van der Waals surface area contributed by atoms with E-state index >= 15 is 0 Å². The number of H-pyrrole nitrogens is 1. The standard InChI is InChI=1S/C22H26ClN5O/c23-18-9-7-17(8-10-18)20(21-6-2-4-12-25-21)11-14-27-22(29)26-13-3-1-5-19-15-24-16-28-19/h2,4,6-10,12,15-16,20H,1,3,5,11,13-14H2,(H,24,28)(H2,26,27,29). The van der Waals surface area contributed by atoms with Crippen molar-refractivity contribution < 1.29 is 4.79 Å². The number of amides is 2. The second-order valence-corrected chi connectivity index (χ2v) is 7.30. The van der Waals surface area contributed by atoms with Crippen molar-refractivity contribution in [2.75, 3.05) is 13.1 Å². The van der Waals surface area contributed by atoms with Crippen molar-refractivity contribution in [1.29, 1.82) is 0 Å². The molecule has 29 heavy (non-hydrogen) atoms. The molecule has 0 saturated carbocycles. The fourth-order valence-electron chi connectivity index (χ4n) is 3.22. The minimum Gasteiger partial charge on any atom is -0.348 e. The third-order valence-corrected chi connectivity index (χ3v) is 5.00. The number of urea groups is 1. The molecule has 1 unspecified atom stereocenters. The number of aryl methyl sites for hydroxylation is 1. The molecule has 1 atom stereocenters. The molecule has 2 amide bonds. The lowest BCUT2D eigenvalue weighted by molar-refractivity contribution is 0.240. The lowest BCUT2D eigenvalue weighted by Gasteiger charge is -2.17. The summed E-state index contributed by atoms with van der Waals surface area (Å²) in [6.07, 6.45) is 8.93. The lowest BCUT2D eigenvalue weighted by Crippen LogP contribution is -2.37. The van der Waals surface area contributed by atoms with E-state index in [-0.39, 0.29) is 11.9 Å². The van der Waals surface area contributed by atoms with Crippen molar-refractivity contribution in [3.63, 3.8) is 0 Å². The molecule has 6 nitrogen and oxygen atoms in total. The number of carbonyl (C=O) groups excluding carboxylic acids is 1. The molecule has 152 valence electrons. The summed E-state index contributed by atoms with van der Waals surface area (Å²) in [5, 5.41) is 6.57. The number of aromatic amines is 1. The molecule has 3 rings (SSSR count). The number of aromatic nitrogens is 3. The number of carbonyl (C=O) groups is 1. The van der Waals surface area contributed by atoms with E-state index in [1.54, 1.807) is 12.5 Å².